The number of amides is 4. The number of para-hydroxylation sites is 1. The summed E-state index contributed by atoms with van der Waals surface area (Å²) in [5, 5.41) is 5.46. The quantitative estimate of drug-likeness (QED) is 0.524. The summed E-state index contributed by atoms with van der Waals surface area (Å²) in [4.78, 5) is 49.7. The van der Waals surface area contributed by atoms with Crippen molar-refractivity contribution in [3.8, 4) is 5.75 Å². The van der Waals surface area contributed by atoms with Crippen LogP contribution in [0, 0.1) is 0 Å². The fraction of sp³-hybridized carbons (Fsp3) is 0.500. The molecule has 29 heavy (non-hydrogen) atoms. The Labute approximate surface area is 168 Å². The maximum Gasteiger partial charge on any atom is 0.326 e. The SMILES string of the molecule is CCC1(CC)NC(=O)N(CC(=O)OCC(=O)NC2CCOc3ccccc32)C1=O. The molecule has 2 heterocycles. The average molecular weight is 403 g/mol. The van der Waals surface area contributed by atoms with Crippen LogP contribution < -0.4 is 15.4 Å². The van der Waals surface area contributed by atoms with Crippen molar-refractivity contribution in [2.24, 2.45) is 0 Å². The number of hydrogen-bond acceptors (Lipinski definition) is 6. The summed E-state index contributed by atoms with van der Waals surface area (Å²) in [6, 6.07) is 6.56. The van der Waals surface area contributed by atoms with Crippen LogP contribution in [0.25, 0.3) is 0 Å². The van der Waals surface area contributed by atoms with E-state index in [-0.39, 0.29) is 6.04 Å². The average Bonchev–Trinajstić information content (AvgIpc) is 2.97. The highest BCUT2D eigenvalue weighted by atomic mass is 16.5. The molecule has 2 aliphatic heterocycles. The zero-order valence-corrected chi connectivity index (χ0v) is 16.5. The maximum atomic E-state index is 12.5. The topological polar surface area (TPSA) is 114 Å². The summed E-state index contributed by atoms with van der Waals surface area (Å²) in [7, 11) is 0. The Morgan fingerprint density at radius 3 is 2.69 bits per heavy atom. The summed E-state index contributed by atoms with van der Waals surface area (Å²) in [5.74, 6) is -1.02. The van der Waals surface area contributed by atoms with Gasteiger partial charge in [0.25, 0.3) is 11.8 Å². The number of fused-ring (bicyclic) bond motifs is 1. The second-order valence-electron chi connectivity index (χ2n) is 7.07. The first-order valence-corrected chi connectivity index (χ1v) is 9.71. The summed E-state index contributed by atoms with van der Waals surface area (Å²) in [6.07, 6.45) is 1.46. The van der Waals surface area contributed by atoms with Gasteiger partial charge in [-0.2, -0.15) is 0 Å². The maximum absolute atomic E-state index is 12.5. The number of rotatable bonds is 7. The molecule has 3 rings (SSSR count). The van der Waals surface area contributed by atoms with E-state index in [1.54, 1.807) is 13.8 Å². The number of carbonyl (C=O) groups excluding carboxylic acids is 4. The summed E-state index contributed by atoms with van der Waals surface area (Å²) in [5.41, 5.74) is -0.112. The molecule has 156 valence electrons. The monoisotopic (exact) mass is 403 g/mol. The molecule has 0 radical (unpaired) electrons. The molecule has 1 atom stereocenters. The van der Waals surface area contributed by atoms with Gasteiger partial charge in [-0.3, -0.25) is 19.3 Å². The van der Waals surface area contributed by atoms with E-state index in [1.807, 2.05) is 24.3 Å². The van der Waals surface area contributed by atoms with Crippen LogP contribution in [-0.4, -0.2) is 54.0 Å². The Kier molecular flexibility index (Phi) is 6.05. The third-order valence-electron chi connectivity index (χ3n) is 5.40. The highest BCUT2D eigenvalue weighted by Gasteiger charge is 2.49. The fourth-order valence-electron chi connectivity index (χ4n) is 3.60. The zero-order chi connectivity index (χ0) is 21.0. The van der Waals surface area contributed by atoms with Gasteiger partial charge in [0.1, 0.15) is 17.8 Å². The van der Waals surface area contributed by atoms with Gasteiger partial charge in [-0.1, -0.05) is 32.0 Å². The van der Waals surface area contributed by atoms with Gasteiger partial charge < -0.3 is 20.1 Å². The lowest BCUT2D eigenvalue weighted by Crippen LogP contribution is -2.46. The van der Waals surface area contributed by atoms with Crippen molar-refractivity contribution >= 4 is 23.8 Å². The van der Waals surface area contributed by atoms with Crippen LogP contribution in [0.2, 0.25) is 0 Å². The van der Waals surface area contributed by atoms with E-state index in [0.29, 0.717) is 25.9 Å². The minimum atomic E-state index is -0.981. The number of imide groups is 1. The molecule has 1 saturated heterocycles. The Morgan fingerprint density at radius 1 is 1.28 bits per heavy atom. The van der Waals surface area contributed by atoms with E-state index in [4.69, 9.17) is 9.47 Å². The first kappa shape index (κ1) is 20.6. The Balaban J connectivity index is 1.51. The van der Waals surface area contributed by atoms with E-state index in [1.165, 1.54) is 0 Å². The number of hydrogen-bond donors (Lipinski definition) is 2. The molecule has 4 amide bonds. The molecule has 9 nitrogen and oxygen atoms in total. The lowest BCUT2D eigenvalue weighted by molar-refractivity contribution is -0.151. The fourth-order valence-corrected chi connectivity index (χ4v) is 3.60. The normalized spacial score (nSPS) is 19.8. The third-order valence-corrected chi connectivity index (χ3v) is 5.40. The molecule has 0 saturated carbocycles. The Morgan fingerprint density at radius 2 is 2.00 bits per heavy atom. The number of ether oxygens (including phenoxy) is 2. The highest BCUT2D eigenvalue weighted by molar-refractivity contribution is 6.08. The molecule has 9 heteroatoms. The second kappa shape index (κ2) is 8.50. The molecule has 0 aromatic heterocycles. The zero-order valence-electron chi connectivity index (χ0n) is 16.5. The largest absolute Gasteiger partial charge is 0.493 e. The van der Waals surface area contributed by atoms with Crippen LogP contribution >= 0.6 is 0 Å². The van der Waals surface area contributed by atoms with Gasteiger partial charge in [0.15, 0.2) is 6.61 Å². The Bertz CT molecular complexity index is 820. The van der Waals surface area contributed by atoms with Gasteiger partial charge in [0.05, 0.1) is 12.6 Å². The summed E-state index contributed by atoms with van der Waals surface area (Å²) in [6.45, 7) is 3.05. The lowest BCUT2D eigenvalue weighted by Gasteiger charge is -2.26. The van der Waals surface area contributed by atoms with Crippen LogP contribution in [0.15, 0.2) is 24.3 Å². The molecular weight excluding hydrogens is 378 g/mol. The highest BCUT2D eigenvalue weighted by Crippen LogP contribution is 2.31. The minimum absolute atomic E-state index is 0.230. The minimum Gasteiger partial charge on any atom is -0.493 e. The number of nitrogens with zero attached hydrogens (tertiary/aromatic N) is 1. The van der Waals surface area contributed by atoms with Crippen LogP contribution in [0.5, 0.6) is 5.75 Å². The summed E-state index contributed by atoms with van der Waals surface area (Å²) >= 11 is 0. The molecular formula is C20H25N3O6. The van der Waals surface area contributed by atoms with Crippen LogP contribution in [0.3, 0.4) is 0 Å². The molecule has 0 aliphatic carbocycles. The lowest BCUT2D eigenvalue weighted by atomic mass is 9.93. The van der Waals surface area contributed by atoms with Gasteiger partial charge in [-0.05, 0) is 18.9 Å². The molecule has 1 unspecified atom stereocenters. The number of carbonyl (C=O) groups is 4. The summed E-state index contributed by atoms with van der Waals surface area (Å²) < 4.78 is 10.5. The van der Waals surface area contributed by atoms with Crippen LogP contribution in [-0.2, 0) is 19.1 Å². The third kappa shape index (κ3) is 4.18. The van der Waals surface area contributed by atoms with E-state index in [9.17, 15) is 19.2 Å². The molecule has 1 aromatic rings. The molecule has 1 fully saturated rings. The van der Waals surface area contributed by atoms with Crippen molar-refractivity contribution in [3.05, 3.63) is 29.8 Å². The predicted octanol–water partition coefficient (Wildman–Crippen LogP) is 1.28. The van der Waals surface area contributed by atoms with Gasteiger partial charge in [0, 0.05) is 12.0 Å². The van der Waals surface area contributed by atoms with Crippen molar-refractivity contribution in [2.75, 3.05) is 19.8 Å². The number of urea groups is 1. The van der Waals surface area contributed by atoms with Crippen molar-refractivity contribution in [1.29, 1.82) is 0 Å². The molecule has 1 aromatic carbocycles. The van der Waals surface area contributed by atoms with Gasteiger partial charge in [-0.15, -0.1) is 0 Å². The molecule has 2 N–H and O–H groups in total. The predicted molar refractivity (Wildman–Crippen MR) is 102 cm³/mol. The van der Waals surface area contributed by atoms with Gasteiger partial charge >= 0.3 is 12.0 Å². The van der Waals surface area contributed by atoms with Crippen LogP contribution in [0.4, 0.5) is 4.79 Å². The molecule has 2 aliphatic rings. The van der Waals surface area contributed by atoms with Gasteiger partial charge in [-0.25, -0.2) is 4.79 Å². The smallest absolute Gasteiger partial charge is 0.326 e. The number of benzene rings is 1. The van der Waals surface area contributed by atoms with E-state index < -0.39 is 42.5 Å². The second-order valence-corrected chi connectivity index (χ2v) is 7.07. The van der Waals surface area contributed by atoms with Crippen LogP contribution in [0.1, 0.15) is 44.7 Å². The Hall–Kier alpha value is -3.10. The van der Waals surface area contributed by atoms with E-state index in [2.05, 4.69) is 10.6 Å². The number of esters is 1. The first-order valence-electron chi connectivity index (χ1n) is 9.71. The van der Waals surface area contributed by atoms with E-state index in [0.717, 1.165) is 16.2 Å². The molecule has 0 bridgehead atoms. The van der Waals surface area contributed by atoms with Crippen molar-refractivity contribution < 1.29 is 28.7 Å². The van der Waals surface area contributed by atoms with E-state index >= 15 is 0 Å². The van der Waals surface area contributed by atoms with Crippen molar-refractivity contribution in [2.45, 2.75) is 44.7 Å². The van der Waals surface area contributed by atoms with Gasteiger partial charge in [0.2, 0.25) is 0 Å². The standard InChI is InChI=1S/C20H25N3O6/c1-3-20(4-2)18(26)23(19(27)22-20)11-17(25)29-12-16(24)21-14-9-10-28-15-8-6-5-7-13(14)15/h5-8,14H,3-4,9-12H2,1-2H3,(H,21,24)(H,22,27). The van der Waals surface area contributed by atoms with Crippen molar-refractivity contribution in [1.82, 2.24) is 15.5 Å². The first-order chi connectivity index (χ1) is 13.9. The number of nitrogens with one attached hydrogen (secondary N) is 2. The molecule has 0 spiro atoms. The van der Waals surface area contributed by atoms with Crippen molar-refractivity contribution in [3.63, 3.8) is 0 Å².